The monoisotopic (exact) mass is 215 g/mol. The fourth-order valence-corrected chi connectivity index (χ4v) is 2.21. The number of nitrogens with one attached hydrogen (secondary N) is 1. The van der Waals surface area contributed by atoms with Crippen LogP contribution in [0.15, 0.2) is 12.7 Å². The van der Waals surface area contributed by atoms with Crippen molar-refractivity contribution in [2.45, 2.75) is 51.3 Å². The van der Waals surface area contributed by atoms with Crippen LogP contribution in [0.3, 0.4) is 0 Å². The highest BCUT2D eigenvalue weighted by atomic mass is 32.2. The molecule has 0 radical (unpaired) electrons. The summed E-state index contributed by atoms with van der Waals surface area (Å²) in [6, 6.07) is 0.617. The first-order chi connectivity index (χ1) is 6.74. The molecular formula is C12H25NS. The molecule has 14 heavy (non-hydrogen) atoms. The highest BCUT2D eigenvalue weighted by molar-refractivity contribution is 7.99. The predicted molar refractivity (Wildman–Crippen MR) is 69.1 cm³/mol. The van der Waals surface area contributed by atoms with Crippen molar-refractivity contribution >= 4 is 11.8 Å². The molecule has 0 amide bonds. The molecule has 2 unspecified atom stereocenters. The Labute approximate surface area is 93.7 Å². The Morgan fingerprint density at radius 3 is 2.64 bits per heavy atom. The Balaban J connectivity index is 3.65. The van der Waals surface area contributed by atoms with E-state index in [0.29, 0.717) is 6.04 Å². The van der Waals surface area contributed by atoms with E-state index in [-0.39, 0.29) is 0 Å². The summed E-state index contributed by atoms with van der Waals surface area (Å²) in [6.07, 6.45) is 5.58. The Kier molecular flexibility index (Phi) is 9.63. The second-order valence-corrected chi connectivity index (χ2v) is 5.20. The molecule has 0 aliphatic heterocycles. The lowest BCUT2D eigenvalue weighted by Gasteiger charge is -2.18. The van der Waals surface area contributed by atoms with Crippen molar-refractivity contribution < 1.29 is 0 Å². The maximum atomic E-state index is 3.81. The highest BCUT2D eigenvalue weighted by Gasteiger charge is 2.07. The van der Waals surface area contributed by atoms with Crippen molar-refractivity contribution in [1.82, 2.24) is 5.32 Å². The fraction of sp³-hybridized carbons (Fsp3) is 0.833. The molecule has 0 rings (SSSR count). The quantitative estimate of drug-likeness (QED) is 0.591. The number of thioether (sulfide) groups is 1. The van der Waals surface area contributed by atoms with Crippen LogP contribution in [-0.4, -0.2) is 23.6 Å². The zero-order valence-corrected chi connectivity index (χ0v) is 10.7. The van der Waals surface area contributed by atoms with Gasteiger partial charge in [-0.2, -0.15) is 11.8 Å². The van der Waals surface area contributed by atoms with Crippen molar-refractivity contribution in [3.8, 4) is 0 Å². The third-order valence-electron chi connectivity index (χ3n) is 2.29. The second kappa shape index (κ2) is 9.60. The second-order valence-electron chi connectivity index (χ2n) is 3.73. The lowest BCUT2D eigenvalue weighted by Crippen LogP contribution is -2.32. The minimum absolute atomic E-state index is 0.617. The average molecular weight is 215 g/mol. The van der Waals surface area contributed by atoms with Crippen LogP contribution in [0.5, 0.6) is 0 Å². The Morgan fingerprint density at radius 2 is 2.14 bits per heavy atom. The summed E-state index contributed by atoms with van der Waals surface area (Å²) in [7, 11) is 0. The van der Waals surface area contributed by atoms with Gasteiger partial charge in [0.05, 0.1) is 0 Å². The van der Waals surface area contributed by atoms with E-state index in [1.807, 2.05) is 6.08 Å². The van der Waals surface area contributed by atoms with Crippen LogP contribution in [0.1, 0.15) is 40.0 Å². The Hall–Kier alpha value is 0.0500. The van der Waals surface area contributed by atoms with E-state index >= 15 is 0 Å². The van der Waals surface area contributed by atoms with Crippen molar-refractivity contribution in [1.29, 1.82) is 0 Å². The van der Waals surface area contributed by atoms with Crippen molar-refractivity contribution in [3.05, 3.63) is 12.7 Å². The lowest BCUT2D eigenvalue weighted by atomic mass is 10.2. The van der Waals surface area contributed by atoms with E-state index in [4.69, 9.17) is 0 Å². The SMILES string of the molecule is C=CCC(CSC(C)CC)NCCC. The van der Waals surface area contributed by atoms with Crippen LogP contribution in [0.4, 0.5) is 0 Å². The molecule has 0 bridgehead atoms. The van der Waals surface area contributed by atoms with E-state index in [1.54, 1.807) is 0 Å². The molecule has 0 aromatic heterocycles. The van der Waals surface area contributed by atoms with Gasteiger partial charge in [-0.05, 0) is 25.8 Å². The van der Waals surface area contributed by atoms with Crippen LogP contribution in [0.25, 0.3) is 0 Å². The summed E-state index contributed by atoms with van der Waals surface area (Å²) >= 11 is 2.06. The van der Waals surface area contributed by atoms with Crippen LogP contribution in [-0.2, 0) is 0 Å². The molecule has 84 valence electrons. The van der Waals surface area contributed by atoms with E-state index in [9.17, 15) is 0 Å². The Morgan fingerprint density at radius 1 is 1.43 bits per heavy atom. The standard InChI is InChI=1S/C12H25NS/c1-5-8-12(13-9-6-2)10-14-11(4)7-3/h5,11-13H,1,6-10H2,2-4H3. The van der Waals surface area contributed by atoms with Gasteiger partial charge in [0.25, 0.3) is 0 Å². The number of rotatable bonds is 9. The topological polar surface area (TPSA) is 12.0 Å². The molecule has 0 aromatic rings. The smallest absolute Gasteiger partial charge is 0.0192 e. The van der Waals surface area contributed by atoms with Gasteiger partial charge in [0.15, 0.2) is 0 Å². The zero-order chi connectivity index (χ0) is 10.8. The summed E-state index contributed by atoms with van der Waals surface area (Å²) in [6.45, 7) is 11.7. The number of hydrogen-bond acceptors (Lipinski definition) is 2. The molecule has 0 spiro atoms. The van der Waals surface area contributed by atoms with Crippen LogP contribution >= 0.6 is 11.8 Å². The molecule has 0 saturated carbocycles. The van der Waals surface area contributed by atoms with Crippen LogP contribution in [0, 0.1) is 0 Å². The summed E-state index contributed by atoms with van der Waals surface area (Å²) in [5, 5.41) is 4.34. The van der Waals surface area contributed by atoms with Gasteiger partial charge in [-0.25, -0.2) is 0 Å². The maximum absolute atomic E-state index is 3.81. The molecule has 0 aliphatic rings. The molecule has 0 saturated heterocycles. The zero-order valence-electron chi connectivity index (χ0n) is 9.88. The average Bonchev–Trinajstić information content (AvgIpc) is 2.21. The molecule has 1 N–H and O–H groups in total. The normalized spacial score (nSPS) is 15.1. The van der Waals surface area contributed by atoms with E-state index in [2.05, 4.69) is 44.4 Å². The van der Waals surface area contributed by atoms with Gasteiger partial charge >= 0.3 is 0 Å². The first kappa shape index (κ1) is 14.1. The fourth-order valence-electron chi connectivity index (χ4n) is 1.16. The van der Waals surface area contributed by atoms with Crippen molar-refractivity contribution in [2.75, 3.05) is 12.3 Å². The molecule has 0 aromatic carbocycles. The predicted octanol–water partition coefficient (Wildman–Crippen LogP) is 3.46. The molecule has 1 nitrogen and oxygen atoms in total. The van der Waals surface area contributed by atoms with Gasteiger partial charge < -0.3 is 5.32 Å². The highest BCUT2D eigenvalue weighted by Crippen LogP contribution is 2.15. The number of hydrogen-bond donors (Lipinski definition) is 1. The van der Waals surface area contributed by atoms with Gasteiger partial charge in [0, 0.05) is 17.0 Å². The molecule has 0 heterocycles. The molecule has 0 fully saturated rings. The molecular weight excluding hydrogens is 190 g/mol. The van der Waals surface area contributed by atoms with Crippen LogP contribution < -0.4 is 5.32 Å². The van der Waals surface area contributed by atoms with Gasteiger partial charge in [0.1, 0.15) is 0 Å². The van der Waals surface area contributed by atoms with E-state index < -0.39 is 0 Å². The molecule has 2 heteroatoms. The van der Waals surface area contributed by atoms with Gasteiger partial charge in [-0.15, -0.1) is 6.58 Å². The van der Waals surface area contributed by atoms with Gasteiger partial charge in [0.2, 0.25) is 0 Å². The summed E-state index contributed by atoms with van der Waals surface area (Å²) in [4.78, 5) is 0. The minimum atomic E-state index is 0.617. The first-order valence-electron chi connectivity index (χ1n) is 5.70. The van der Waals surface area contributed by atoms with Crippen molar-refractivity contribution in [2.24, 2.45) is 0 Å². The molecule has 0 aliphatic carbocycles. The third kappa shape index (κ3) is 7.45. The van der Waals surface area contributed by atoms with Gasteiger partial charge in [-0.1, -0.05) is 26.8 Å². The Bertz CT molecular complexity index is 136. The van der Waals surface area contributed by atoms with E-state index in [0.717, 1.165) is 18.2 Å². The van der Waals surface area contributed by atoms with Gasteiger partial charge in [-0.3, -0.25) is 0 Å². The first-order valence-corrected chi connectivity index (χ1v) is 6.75. The summed E-state index contributed by atoms with van der Waals surface area (Å²) in [5.74, 6) is 1.21. The third-order valence-corrected chi connectivity index (χ3v) is 3.79. The maximum Gasteiger partial charge on any atom is 0.0192 e. The minimum Gasteiger partial charge on any atom is -0.313 e. The summed E-state index contributed by atoms with van der Waals surface area (Å²) < 4.78 is 0. The summed E-state index contributed by atoms with van der Waals surface area (Å²) in [5.41, 5.74) is 0. The molecule has 2 atom stereocenters. The van der Waals surface area contributed by atoms with Crippen molar-refractivity contribution in [3.63, 3.8) is 0 Å². The lowest BCUT2D eigenvalue weighted by molar-refractivity contribution is 0.557. The van der Waals surface area contributed by atoms with Crippen LogP contribution in [0.2, 0.25) is 0 Å². The van der Waals surface area contributed by atoms with E-state index in [1.165, 1.54) is 18.6 Å². The largest absolute Gasteiger partial charge is 0.313 e.